The number of hydrogen-bond acceptors (Lipinski definition) is 3. The molecule has 1 aromatic heterocycles. The number of rotatable bonds is 5. The van der Waals surface area contributed by atoms with E-state index in [9.17, 15) is 12.8 Å². The molecule has 0 spiro atoms. The molecule has 1 rings (SSSR count). The molecule has 0 fully saturated rings. The number of aromatic nitrogens is 1. The van der Waals surface area contributed by atoms with Crippen molar-refractivity contribution in [2.45, 2.75) is 18.4 Å². The van der Waals surface area contributed by atoms with Gasteiger partial charge in [-0.2, -0.15) is 0 Å². The summed E-state index contributed by atoms with van der Waals surface area (Å²) >= 11 is 0. The van der Waals surface area contributed by atoms with Crippen LogP contribution in [0, 0.1) is 5.82 Å². The Hall–Kier alpha value is -1.27. The third-order valence-corrected chi connectivity index (χ3v) is 3.21. The van der Waals surface area contributed by atoms with Gasteiger partial charge in [0.15, 0.2) is 5.82 Å². The summed E-state index contributed by atoms with van der Waals surface area (Å²) < 4.78 is 38.6. The lowest BCUT2D eigenvalue weighted by atomic mass is 10.4. The van der Waals surface area contributed by atoms with Gasteiger partial charge in [0.05, 0.1) is 0 Å². The molecule has 6 heteroatoms. The predicted octanol–water partition coefficient (Wildman–Crippen LogP) is 1.47. The van der Waals surface area contributed by atoms with E-state index in [1.165, 1.54) is 12.3 Å². The Morgan fingerprint density at radius 1 is 1.56 bits per heavy atom. The predicted molar refractivity (Wildman–Crippen MR) is 58.8 cm³/mol. The maximum Gasteiger partial charge on any atom is 0.261 e. The molecule has 0 aromatic carbocycles. The van der Waals surface area contributed by atoms with Crippen molar-refractivity contribution in [1.82, 2.24) is 9.71 Å². The van der Waals surface area contributed by atoms with Gasteiger partial charge in [-0.05, 0) is 25.5 Å². The fourth-order valence-corrected chi connectivity index (χ4v) is 2.13. The molecule has 0 saturated heterocycles. The Kier molecular flexibility index (Phi) is 4.57. The second-order valence-corrected chi connectivity index (χ2v) is 4.73. The van der Waals surface area contributed by atoms with Gasteiger partial charge >= 0.3 is 0 Å². The number of sulfonamides is 1. The summed E-state index contributed by atoms with van der Waals surface area (Å²) in [7, 11) is -3.84. The minimum atomic E-state index is -3.84. The molecule has 1 aromatic rings. The van der Waals surface area contributed by atoms with Crippen LogP contribution in [0.1, 0.15) is 13.3 Å². The lowest BCUT2D eigenvalue weighted by molar-refractivity contribution is 0.545. The molecule has 4 nitrogen and oxygen atoms in total. The largest absolute Gasteiger partial charge is 0.261 e. The van der Waals surface area contributed by atoms with Gasteiger partial charge in [-0.1, -0.05) is 12.2 Å². The lowest BCUT2D eigenvalue weighted by Gasteiger charge is -2.04. The van der Waals surface area contributed by atoms with Crippen LogP contribution in [-0.2, 0) is 10.0 Å². The highest BCUT2D eigenvalue weighted by Crippen LogP contribution is 2.09. The van der Waals surface area contributed by atoms with Crippen LogP contribution in [0.2, 0.25) is 0 Å². The van der Waals surface area contributed by atoms with E-state index in [-0.39, 0.29) is 6.54 Å². The van der Waals surface area contributed by atoms with Crippen LogP contribution in [0.25, 0.3) is 0 Å². The molecule has 1 N–H and O–H groups in total. The quantitative estimate of drug-likeness (QED) is 0.630. The smallest absolute Gasteiger partial charge is 0.241 e. The van der Waals surface area contributed by atoms with Crippen molar-refractivity contribution in [1.29, 1.82) is 0 Å². The van der Waals surface area contributed by atoms with Crippen LogP contribution >= 0.6 is 0 Å². The van der Waals surface area contributed by atoms with Gasteiger partial charge in [-0.25, -0.2) is 22.5 Å². The van der Waals surface area contributed by atoms with Gasteiger partial charge in [-0.15, -0.1) is 0 Å². The van der Waals surface area contributed by atoms with Crippen molar-refractivity contribution in [3.63, 3.8) is 0 Å². The van der Waals surface area contributed by atoms with Crippen LogP contribution in [0.3, 0.4) is 0 Å². The van der Waals surface area contributed by atoms with Crippen molar-refractivity contribution in [3.8, 4) is 0 Å². The van der Waals surface area contributed by atoms with Gasteiger partial charge < -0.3 is 0 Å². The standard InChI is InChI=1S/C10H13FN2O2S/c1-2-3-4-8-13-16(14,15)10-9(11)6-5-7-12-10/h2-3,5-7,13H,4,8H2,1H3/b3-2+. The monoisotopic (exact) mass is 244 g/mol. The highest BCUT2D eigenvalue weighted by molar-refractivity contribution is 7.89. The number of nitrogens with one attached hydrogen (secondary N) is 1. The van der Waals surface area contributed by atoms with Gasteiger partial charge in [0, 0.05) is 12.7 Å². The average Bonchev–Trinajstić information content (AvgIpc) is 2.25. The van der Waals surface area contributed by atoms with Crippen molar-refractivity contribution >= 4 is 10.0 Å². The number of nitrogens with zero attached hydrogens (tertiary/aromatic N) is 1. The van der Waals surface area contributed by atoms with E-state index in [0.717, 1.165) is 6.07 Å². The SMILES string of the molecule is C/C=C/CCNS(=O)(=O)c1ncccc1F. The van der Waals surface area contributed by atoms with Crippen LogP contribution in [0.5, 0.6) is 0 Å². The summed E-state index contributed by atoms with van der Waals surface area (Å²) in [4.78, 5) is 3.51. The summed E-state index contributed by atoms with van der Waals surface area (Å²) in [5.41, 5.74) is 0. The first-order valence-electron chi connectivity index (χ1n) is 4.79. The maximum absolute atomic E-state index is 13.2. The Morgan fingerprint density at radius 3 is 2.94 bits per heavy atom. The first-order valence-corrected chi connectivity index (χ1v) is 6.27. The van der Waals surface area contributed by atoms with Gasteiger partial charge in [0.25, 0.3) is 10.0 Å². The van der Waals surface area contributed by atoms with E-state index >= 15 is 0 Å². The van der Waals surface area contributed by atoms with E-state index in [4.69, 9.17) is 0 Å². The van der Waals surface area contributed by atoms with Crippen LogP contribution in [-0.4, -0.2) is 19.9 Å². The molecule has 0 aliphatic carbocycles. The molecule has 0 aliphatic rings. The molecule has 88 valence electrons. The normalized spacial score (nSPS) is 12.1. The zero-order chi connectivity index (χ0) is 12.0. The summed E-state index contributed by atoms with van der Waals surface area (Å²) in [5, 5.41) is -0.560. The maximum atomic E-state index is 13.2. The van der Waals surface area contributed by atoms with Gasteiger partial charge in [-0.3, -0.25) is 0 Å². The average molecular weight is 244 g/mol. The second kappa shape index (κ2) is 5.72. The van der Waals surface area contributed by atoms with Crippen LogP contribution in [0.4, 0.5) is 4.39 Å². The lowest BCUT2D eigenvalue weighted by Crippen LogP contribution is -2.26. The summed E-state index contributed by atoms with van der Waals surface area (Å²) in [6, 6.07) is 2.40. The molecular formula is C10H13FN2O2S. The zero-order valence-corrected chi connectivity index (χ0v) is 9.67. The minimum absolute atomic E-state index is 0.225. The molecule has 0 unspecified atom stereocenters. The van der Waals surface area contributed by atoms with Gasteiger partial charge in [0.1, 0.15) is 0 Å². The molecule has 0 saturated carbocycles. The fraction of sp³-hybridized carbons (Fsp3) is 0.300. The van der Waals surface area contributed by atoms with Crippen molar-refractivity contribution in [3.05, 3.63) is 36.3 Å². The highest BCUT2D eigenvalue weighted by atomic mass is 32.2. The minimum Gasteiger partial charge on any atom is -0.241 e. The first kappa shape index (κ1) is 12.8. The van der Waals surface area contributed by atoms with E-state index in [2.05, 4.69) is 9.71 Å². The summed E-state index contributed by atoms with van der Waals surface area (Å²) in [6.07, 6.45) is 5.43. The molecule has 0 bridgehead atoms. The first-order chi connectivity index (χ1) is 7.58. The zero-order valence-electron chi connectivity index (χ0n) is 8.85. The molecule has 0 amide bonds. The molecular weight excluding hydrogens is 231 g/mol. The second-order valence-electron chi connectivity index (χ2n) is 3.05. The third kappa shape index (κ3) is 3.39. The molecule has 0 radical (unpaired) electrons. The number of halogens is 1. The molecule has 16 heavy (non-hydrogen) atoms. The van der Waals surface area contributed by atoms with Crippen molar-refractivity contribution in [2.24, 2.45) is 0 Å². The number of hydrogen-bond donors (Lipinski definition) is 1. The molecule has 0 atom stereocenters. The number of pyridine rings is 1. The summed E-state index contributed by atoms with van der Waals surface area (Å²) in [5.74, 6) is -0.846. The molecule has 1 heterocycles. The van der Waals surface area contributed by atoms with Crippen LogP contribution in [0.15, 0.2) is 35.5 Å². The number of allylic oxidation sites excluding steroid dienone is 1. The highest BCUT2D eigenvalue weighted by Gasteiger charge is 2.19. The van der Waals surface area contributed by atoms with Crippen molar-refractivity contribution < 1.29 is 12.8 Å². The van der Waals surface area contributed by atoms with Crippen molar-refractivity contribution in [2.75, 3.05) is 6.54 Å². The Balaban J connectivity index is 2.75. The summed E-state index contributed by atoms with van der Waals surface area (Å²) in [6.45, 7) is 2.07. The van der Waals surface area contributed by atoms with Gasteiger partial charge in [0.2, 0.25) is 5.03 Å². The topological polar surface area (TPSA) is 59.1 Å². The van der Waals surface area contributed by atoms with E-state index in [0.29, 0.717) is 6.42 Å². The Bertz CT molecular complexity index is 471. The Labute approximate surface area is 94.3 Å². The van der Waals surface area contributed by atoms with E-state index in [1.54, 1.807) is 0 Å². The fourth-order valence-electron chi connectivity index (χ4n) is 1.08. The van der Waals surface area contributed by atoms with E-state index < -0.39 is 20.9 Å². The van der Waals surface area contributed by atoms with E-state index in [1.807, 2.05) is 19.1 Å². The Morgan fingerprint density at radius 2 is 2.31 bits per heavy atom. The molecule has 0 aliphatic heterocycles. The van der Waals surface area contributed by atoms with Crippen LogP contribution < -0.4 is 4.72 Å². The third-order valence-electron chi connectivity index (χ3n) is 1.82.